The van der Waals surface area contributed by atoms with E-state index in [-0.39, 0.29) is 5.54 Å². The van der Waals surface area contributed by atoms with Crippen molar-refractivity contribution in [2.45, 2.75) is 52.0 Å². The lowest BCUT2D eigenvalue weighted by Gasteiger charge is -2.38. The fourth-order valence-corrected chi connectivity index (χ4v) is 3.67. The summed E-state index contributed by atoms with van der Waals surface area (Å²) in [5.41, 5.74) is 1.34. The standard InChI is InChI=1S/C13H22N2S/c1-4-14-13(7-5-10(2)6-8-13)12-15-11(3)9-16-12/h9-10,14H,4-8H2,1-3H3. The van der Waals surface area contributed by atoms with E-state index >= 15 is 0 Å². The van der Waals surface area contributed by atoms with E-state index < -0.39 is 0 Å². The minimum Gasteiger partial charge on any atom is -0.306 e. The van der Waals surface area contributed by atoms with Crippen molar-refractivity contribution in [3.8, 4) is 0 Å². The van der Waals surface area contributed by atoms with Gasteiger partial charge in [-0.2, -0.15) is 0 Å². The average Bonchev–Trinajstić information content (AvgIpc) is 2.70. The molecule has 0 saturated heterocycles. The van der Waals surface area contributed by atoms with Crippen LogP contribution in [0.4, 0.5) is 0 Å². The summed E-state index contributed by atoms with van der Waals surface area (Å²) >= 11 is 1.82. The van der Waals surface area contributed by atoms with Gasteiger partial charge in [0.25, 0.3) is 0 Å². The van der Waals surface area contributed by atoms with E-state index in [1.165, 1.54) is 30.7 Å². The highest BCUT2D eigenvalue weighted by Crippen LogP contribution is 2.40. The van der Waals surface area contributed by atoms with E-state index in [2.05, 4.69) is 31.5 Å². The normalized spacial score (nSPS) is 30.6. The largest absolute Gasteiger partial charge is 0.306 e. The van der Waals surface area contributed by atoms with Gasteiger partial charge < -0.3 is 5.32 Å². The number of rotatable bonds is 3. The number of nitrogens with one attached hydrogen (secondary N) is 1. The second kappa shape index (κ2) is 4.84. The molecule has 0 bridgehead atoms. The molecule has 1 fully saturated rings. The molecule has 2 nitrogen and oxygen atoms in total. The van der Waals surface area contributed by atoms with Crippen molar-refractivity contribution in [1.29, 1.82) is 0 Å². The summed E-state index contributed by atoms with van der Waals surface area (Å²) in [6.07, 6.45) is 5.14. The van der Waals surface area contributed by atoms with Gasteiger partial charge in [0.05, 0.1) is 5.54 Å². The molecule has 1 N–H and O–H groups in total. The van der Waals surface area contributed by atoms with E-state index in [1.807, 2.05) is 11.3 Å². The van der Waals surface area contributed by atoms with Crippen LogP contribution >= 0.6 is 11.3 Å². The Kier molecular flexibility index (Phi) is 3.65. The molecule has 1 aliphatic carbocycles. The zero-order valence-corrected chi connectivity index (χ0v) is 11.4. The smallest absolute Gasteiger partial charge is 0.113 e. The molecular formula is C13H22N2S. The van der Waals surface area contributed by atoms with Crippen LogP contribution in [0.5, 0.6) is 0 Å². The monoisotopic (exact) mass is 238 g/mol. The van der Waals surface area contributed by atoms with Gasteiger partial charge in [0.1, 0.15) is 5.01 Å². The van der Waals surface area contributed by atoms with Crippen LogP contribution in [0.1, 0.15) is 50.2 Å². The molecule has 3 heteroatoms. The fourth-order valence-electron chi connectivity index (χ4n) is 2.63. The molecular weight excluding hydrogens is 216 g/mol. The molecule has 1 saturated carbocycles. The lowest BCUT2D eigenvalue weighted by atomic mass is 9.77. The zero-order valence-electron chi connectivity index (χ0n) is 10.5. The molecule has 90 valence electrons. The average molecular weight is 238 g/mol. The quantitative estimate of drug-likeness (QED) is 0.872. The molecule has 0 aromatic carbocycles. The Morgan fingerprint density at radius 3 is 2.69 bits per heavy atom. The number of hydrogen-bond acceptors (Lipinski definition) is 3. The van der Waals surface area contributed by atoms with Crippen molar-refractivity contribution in [3.63, 3.8) is 0 Å². The molecule has 1 heterocycles. The summed E-state index contributed by atoms with van der Waals surface area (Å²) in [6.45, 7) is 7.68. The van der Waals surface area contributed by atoms with Gasteiger partial charge in [0, 0.05) is 11.1 Å². The third-order valence-corrected chi connectivity index (χ3v) is 4.84. The molecule has 1 aromatic rings. The zero-order chi connectivity index (χ0) is 11.6. The van der Waals surface area contributed by atoms with Gasteiger partial charge in [-0.1, -0.05) is 13.8 Å². The van der Waals surface area contributed by atoms with Gasteiger partial charge in [0.2, 0.25) is 0 Å². The molecule has 1 aliphatic rings. The summed E-state index contributed by atoms with van der Waals surface area (Å²) in [5.74, 6) is 0.882. The number of aromatic nitrogens is 1. The number of hydrogen-bond donors (Lipinski definition) is 1. The molecule has 0 atom stereocenters. The molecule has 0 aliphatic heterocycles. The van der Waals surface area contributed by atoms with Crippen molar-refractivity contribution in [2.24, 2.45) is 5.92 Å². The maximum absolute atomic E-state index is 4.71. The van der Waals surface area contributed by atoms with Crippen LogP contribution in [-0.2, 0) is 5.54 Å². The Balaban J connectivity index is 2.22. The van der Waals surface area contributed by atoms with Gasteiger partial charge in [-0.3, -0.25) is 0 Å². The van der Waals surface area contributed by atoms with Crippen molar-refractivity contribution < 1.29 is 0 Å². The SMILES string of the molecule is CCNC1(c2nc(C)cs2)CCC(C)CC1. The summed E-state index contributed by atoms with van der Waals surface area (Å²) in [4.78, 5) is 4.71. The van der Waals surface area contributed by atoms with E-state index in [9.17, 15) is 0 Å². The topological polar surface area (TPSA) is 24.9 Å². The van der Waals surface area contributed by atoms with Crippen molar-refractivity contribution in [2.75, 3.05) is 6.54 Å². The Morgan fingerprint density at radius 1 is 1.50 bits per heavy atom. The summed E-state index contributed by atoms with van der Waals surface area (Å²) < 4.78 is 0. The minimum absolute atomic E-state index is 0.181. The summed E-state index contributed by atoms with van der Waals surface area (Å²) in [7, 11) is 0. The van der Waals surface area contributed by atoms with Gasteiger partial charge in [-0.15, -0.1) is 11.3 Å². The third-order valence-electron chi connectivity index (χ3n) is 3.67. The van der Waals surface area contributed by atoms with Crippen molar-refractivity contribution in [1.82, 2.24) is 10.3 Å². The van der Waals surface area contributed by atoms with Crippen LogP contribution in [0, 0.1) is 12.8 Å². The number of nitrogens with zero attached hydrogens (tertiary/aromatic N) is 1. The Bertz CT molecular complexity index is 337. The van der Waals surface area contributed by atoms with Gasteiger partial charge in [0.15, 0.2) is 0 Å². The molecule has 2 rings (SSSR count). The highest BCUT2D eigenvalue weighted by atomic mass is 32.1. The van der Waals surface area contributed by atoms with E-state index in [0.29, 0.717) is 0 Å². The first-order valence-electron chi connectivity index (χ1n) is 6.34. The third kappa shape index (κ3) is 2.30. The Morgan fingerprint density at radius 2 is 2.19 bits per heavy atom. The molecule has 16 heavy (non-hydrogen) atoms. The summed E-state index contributed by atoms with van der Waals surface area (Å²) in [6, 6.07) is 0. The lowest BCUT2D eigenvalue weighted by Crippen LogP contribution is -2.44. The van der Waals surface area contributed by atoms with E-state index in [4.69, 9.17) is 4.98 Å². The van der Waals surface area contributed by atoms with Crippen molar-refractivity contribution >= 4 is 11.3 Å². The second-order valence-corrected chi connectivity index (χ2v) is 5.95. The minimum atomic E-state index is 0.181. The number of aryl methyl sites for hydroxylation is 1. The molecule has 0 radical (unpaired) electrons. The molecule has 0 amide bonds. The van der Waals surface area contributed by atoms with E-state index in [1.54, 1.807) is 0 Å². The molecule has 1 aromatic heterocycles. The first-order valence-corrected chi connectivity index (χ1v) is 7.22. The van der Waals surface area contributed by atoms with Crippen LogP contribution in [0.25, 0.3) is 0 Å². The predicted octanol–water partition coefficient (Wildman–Crippen LogP) is 3.47. The second-order valence-electron chi connectivity index (χ2n) is 5.09. The molecule has 0 spiro atoms. The first kappa shape index (κ1) is 12.1. The van der Waals surface area contributed by atoms with Crippen molar-refractivity contribution in [3.05, 3.63) is 16.1 Å². The van der Waals surface area contributed by atoms with Gasteiger partial charge in [-0.25, -0.2) is 4.98 Å². The van der Waals surface area contributed by atoms with Crippen LogP contribution in [0.3, 0.4) is 0 Å². The summed E-state index contributed by atoms with van der Waals surface area (Å²) in [5, 5.41) is 7.17. The Hall–Kier alpha value is -0.410. The maximum atomic E-state index is 4.71. The van der Waals surface area contributed by atoms with E-state index in [0.717, 1.165) is 18.2 Å². The maximum Gasteiger partial charge on any atom is 0.113 e. The number of thiazole rings is 1. The van der Waals surface area contributed by atoms with Gasteiger partial charge in [-0.05, 0) is 45.1 Å². The van der Waals surface area contributed by atoms with Crippen LogP contribution < -0.4 is 5.32 Å². The molecule has 0 unspecified atom stereocenters. The predicted molar refractivity (Wildman–Crippen MR) is 69.8 cm³/mol. The fraction of sp³-hybridized carbons (Fsp3) is 0.769. The van der Waals surface area contributed by atoms with Crippen LogP contribution in [0.2, 0.25) is 0 Å². The van der Waals surface area contributed by atoms with Crippen LogP contribution in [-0.4, -0.2) is 11.5 Å². The Labute approximate surface area is 102 Å². The highest BCUT2D eigenvalue weighted by molar-refractivity contribution is 7.09. The van der Waals surface area contributed by atoms with Gasteiger partial charge >= 0.3 is 0 Å². The first-order chi connectivity index (χ1) is 7.66. The lowest BCUT2D eigenvalue weighted by molar-refractivity contribution is 0.199. The van der Waals surface area contributed by atoms with Crippen LogP contribution in [0.15, 0.2) is 5.38 Å². The highest BCUT2D eigenvalue weighted by Gasteiger charge is 2.37.